The summed E-state index contributed by atoms with van der Waals surface area (Å²) in [5.41, 5.74) is 0. The van der Waals surface area contributed by atoms with Crippen LogP contribution in [0, 0.1) is 5.92 Å². The highest BCUT2D eigenvalue weighted by molar-refractivity contribution is 4.71. The third kappa shape index (κ3) is 8.79. The summed E-state index contributed by atoms with van der Waals surface area (Å²) < 4.78 is 34.0. The van der Waals surface area contributed by atoms with E-state index in [-0.39, 0.29) is 12.7 Å². The first kappa shape index (κ1) is 17.8. The fourth-order valence-electron chi connectivity index (χ4n) is 2.42. The van der Waals surface area contributed by atoms with Gasteiger partial charge in [-0.1, -0.05) is 19.8 Å². The molecule has 1 aliphatic rings. The van der Waals surface area contributed by atoms with Gasteiger partial charge in [0.25, 0.3) is 6.43 Å². The Bertz CT molecular complexity index is 244. The van der Waals surface area contributed by atoms with Crippen LogP contribution < -0.4 is 5.32 Å². The topological polar surface area (TPSA) is 50.7 Å². The van der Waals surface area contributed by atoms with E-state index in [1.807, 2.05) is 0 Å². The lowest BCUT2D eigenvalue weighted by Crippen LogP contribution is -2.34. The minimum Gasteiger partial charge on any atom is -0.389 e. The third-order valence-corrected chi connectivity index (χ3v) is 3.46. The van der Waals surface area contributed by atoms with E-state index in [2.05, 4.69) is 12.2 Å². The van der Waals surface area contributed by atoms with E-state index >= 15 is 0 Å². The van der Waals surface area contributed by atoms with Crippen LogP contribution in [0.15, 0.2) is 0 Å². The molecule has 0 aromatic rings. The van der Waals surface area contributed by atoms with Gasteiger partial charge in [-0.05, 0) is 18.8 Å². The van der Waals surface area contributed by atoms with E-state index in [1.54, 1.807) is 0 Å². The Morgan fingerprint density at radius 2 is 2.10 bits per heavy atom. The van der Waals surface area contributed by atoms with Crippen molar-refractivity contribution >= 4 is 0 Å². The summed E-state index contributed by atoms with van der Waals surface area (Å²) in [6.45, 7) is 3.07. The van der Waals surface area contributed by atoms with Crippen LogP contribution in [-0.4, -0.2) is 56.7 Å². The molecule has 0 bridgehead atoms. The first-order chi connectivity index (χ1) is 9.58. The Labute approximate surface area is 119 Å². The monoisotopic (exact) mass is 295 g/mol. The van der Waals surface area contributed by atoms with Crippen molar-refractivity contribution in [3.05, 3.63) is 0 Å². The summed E-state index contributed by atoms with van der Waals surface area (Å²) in [4.78, 5) is 0. The quantitative estimate of drug-likeness (QED) is 0.604. The Kier molecular flexibility index (Phi) is 9.26. The maximum atomic E-state index is 11.8. The number of halogens is 2. The molecule has 3 unspecified atom stereocenters. The fraction of sp³-hybridized carbons (Fsp3) is 1.00. The number of nitrogens with one attached hydrogen (secondary N) is 1. The van der Waals surface area contributed by atoms with E-state index in [9.17, 15) is 13.9 Å². The molecule has 0 amide bonds. The molecule has 0 heterocycles. The van der Waals surface area contributed by atoms with E-state index < -0.39 is 19.1 Å². The van der Waals surface area contributed by atoms with Crippen molar-refractivity contribution in [2.45, 2.75) is 51.2 Å². The highest BCUT2D eigenvalue weighted by Gasteiger charge is 2.20. The van der Waals surface area contributed by atoms with Crippen LogP contribution in [0.25, 0.3) is 0 Å². The molecule has 20 heavy (non-hydrogen) atoms. The minimum absolute atomic E-state index is 0.220. The summed E-state index contributed by atoms with van der Waals surface area (Å²) >= 11 is 0. The highest BCUT2D eigenvalue weighted by atomic mass is 19.3. The predicted molar refractivity (Wildman–Crippen MR) is 73.1 cm³/mol. The van der Waals surface area contributed by atoms with Crippen LogP contribution in [-0.2, 0) is 9.47 Å². The summed E-state index contributed by atoms with van der Waals surface area (Å²) in [6.07, 6.45) is 1.88. The number of ether oxygens (including phenoxy) is 2. The van der Waals surface area contributed by atoms with Gasteiger partial charge in [-0.15, -0.1) is 0 Å². The van der Waals surface area contributed by atoms with Crippen LogP contribution in [0.2, 0.25) is 0 Å². The van der Waals surface area contributed by atoms with E-state index in [0.29, 0.717) is 25.6 Å². The van der Waals surface area contributed by atoms with Crippen LogP contribution >= 0.6 is 0 Å². The molecule has 0 spiro atoms. The van der Waals surface area contributed by atoms with E-state index in [1.165, 1.54) is 12.8 Å². The molecule has 6 heteroatoms. The summed E-state index contributed by atoms with van der Waals surface area (Å²) in [5, 5.41) is 12.7. The second-order valence-corrected chi connectivity index (χ2v) is 5.55. The Morgan fingerprint density at radius 3 is 2.80 bits per heavy atom. The Hall–Kier alpha value is -0.300. The van der Waals surface area contributed by atoms with Gasteiger partial charge in [-0.25, -0.2) is 8.78 Å². The third-order valence-electron chi connectivity index (χ3n) is 3.46. The second kappa shape index (κ2) is 10.4. The van der Waals surface area contributed by atoms with Gasteiger partial charge in [0.2, 0.25) is 0 Å². The largest absolute Gasteiger partial charge is 0.389 e. The fourth-order valence-corrected chi connectivity index (χ4v) is 2.42. The molecule has 4 nitrogen and oxygen atoms in total. The number of hydrogen-bond donors (Lipinski definition) is 2. The van der Waals surface area contributed by atoms with Gasteiger partial charge in [-0.2, -0.15) is 0 Å². The summed E-state index contributed by atoms with van der Waals surface area (Å²) in [7, 11) is 0. The molecule has 1 saturated carbocycles. The number of rotatable bonds is 10. The lowest BCUT2D eigenvalue weighted by atomic mass is 9.89. The Balaban J connectivity index is 1.93. The standard InChI is InChI=1S/C14H27F2NO3/c1-11-3-2-4-13(7-11)20-9-12(18)8-17-5-6-19-10-14(15)16/h11-14,17-18H,2-10H2,1H3. The van der Waals surface area contributed by atoms with Gasteiger partial charge < -0.3 is 19.9 Å². The molecule has 1 aliphatic carbocycles. The van der Waals surface area contributed by atoms with E-state index in [4.69, 9.17) is 9.47 Å². The molecule has 2 N–H and O–H groups in total. The normalized spacial score (nSPS) is 25.1. The zero-order chi connectivity index (χ0) is 14.8. The molecular weight excluding hydrogens is 268 g/mol. The smallest absolute Gasteiger partial charge is 0.261 e. The molecule has 0 saturated heterocycles. The SMILES string of the molecule is CC1CCCC(OCC(O)CNCCOCC(F)F)C1. The predicted octanol–water partition coefficient (Wildman–Crippen LogP) is 1.81. The van der Waals surface area contributed by atoms with Gasteiger partial charge >= 0.3 is 0 Å². The van der Waals surface area contributed by atoms with Crippen LogP contribution in [0.3, 0.4) is 0 Å². The first-order valence-electron chi connectivity index (χ1n) is 7.44. The van der Waals surface area contributed by atoms with Gasteiger partial charge in [0, 0.05) is 13.1 Å². The molecule has 0 radical (unpaired) electrons. The summed E-state index contributed by atoms with van der Waals surface area (Å²) in [6, 6.07) is 0. The van der Waals surface area contributed by atoms with Gasteiger partial charge in [-0.3, -0.25) is 0 Å². The second-order valence-electron chi connectivity index (χ2n) is 5.55. The van der Waals surface area contributed by atoms with Crippen molar-refractivity contribution in [1.82, 2.24) is 5.32 Å². The molecule has 3 atom stereocenters. The van der Waals surface area contributed by atoms with Crippen LogP contribution in [0.5, 0.6) is 0 Å². The molecule has 120 valence electrons. The number of alkyl halides is 2. The van der Waals surface area contributed by atoms with Crippen molar-refractivity contribution in [3.63, 3.8) is 0 Å². The Morgan fingerprint density at radius 1 is 1.30 bits per heavy atom. The maximum absolute atomic E-state index is 11.8. The molecule has 0 aromatic carbocycles. The van der Waals surface area contributed by atoms with E-state index in [0.717, 1.165) is 12.8 Å². The van der Waals surface area contributed by atoms with Gasteiger partial charge in [0.05, 0.1) is 25.4 Å². The van der Waals surface area contributed by atoms with Crippen LogP contribution in [0.1, 0.15) is 32.6 Å². The lowest BCUT2D eigenvalue weighted by Gasteiger charge is -2.27. The molecular formula is C14H27F2NO3. The number of aliphatic hydroxyl groups excluding tert-OH is 1. The zero-order valence-corrected chi connectivity index (χ0v) is 12.2. The van der Waals surface area contributed by atoms with Crippen molar-refractivity contribution in [3.8, 4) is 0 Å². The number of aliphatic hydroxyl groups is 1. The first-order valence-corrected chi connectivity index (χ1v) is 7.44. The van der Waals surface area contributed by atoms with Crippen LogP contribution in [0.4, 0.5) is 8.78 Å². The van der Waals surface area contributed by atoms with Gasteiger partial charge in [0.15, 0.2) is 0 Å². The molecule has 0 aromatic heterocycles. The van der Waals surface area contributed by atoms with Crippen molar-refractivity contribution in [1.29, 1.82) is 0 Å². The maximum Gasteiger partial charge on any atom is 0.261 e. The van der Waals surface area contributed by atoms with Gasteiger partial charge in [0.1, 0.15) is 6.61 Å². The summed E-state index contributed by atoms with van der Waals surface area (Å²) in [5.74, 6) is 0.705. The lowest BCUT2D eigenvalue weighted by molar-refractivity contribution is -0.0313. The van der Waals surface area contributed by atoms with Crippen molar-refractivity contribution < 1.29 is 23.4 Å². The zero-order valence-electron chi connectivity index (χ0n) is 12.2. The molecule has 1 fully saturated rings. The van der Waals surface area contributed by atoms with Crippen molar-refractivity contribution in [2.75, 3.05) is 32.9 Å². The molecule has 1 rings (SSSR count). The minimum atomic E-state index is -2.42. The average Bonchev–Trinajstić information content (AvgIpc) is 2.40. The number of hydrogen-bond acceptors (Lipinski definition) is 4. The average molecular weight is 295 g/mol. The van der Waals surface area contributed by atoms with Crippen molar-refractivity contribution in [2.24, 2.45) is 5.92 Å². The molecule has 0 aliphatic heterocycles. The highest BCUT2D eigenvalue weighted by Crippen LogP contribution is 2.25.